The van der Waals surface area contributed by atoms with Crippen LogP contribution >= 0.6 is 0 Å². The number of carbonyl (C=O) groups excluding carboxylic acids is 1. The Bertz CT molecular complexity index is 943. The Morgan fingerprint density at radius 2 is 1.85 bits per heavy atom. The first-order valence-electron chi connectivity index (χ1n) is 9.56. The van der Waals surface area contributed by atoms with E-state index in [1.165, 1.54) is 12.0 Å². The van der Waals surface area contributed by atoms with E-state index < -0.39 is 0 Å². The predicted octanol–water partition coefficient (Wildman–Crippen LogP) is 4.96. The van der Waals surface area contributed by atoms with Crippen molar-refractivity contribution < 1.29 is 9.21 Å². The molecule has 4 nitrogen and oxygen atoms in total. The summed E-state index contributed by atoms with van der Waals surface area (Å²) in [4.78, 5) is 19.5. The molecule has 0 radical (unpaired) electrons. The molecule has 3 aromatic rings. The molecule has 0 bridgehead atoms. The van der Waals surface area contributed by atoms with E-state index in [1.54, 1.807) is 0 Å². The lowest BCUT2D eigenvalue weighted by atomic mass is 9.84. The van der Waals surface area contributed by atoms with Crippen LogP contribution in [0.5, 0.6) is 0 Å². The first-order chi connectivity index (χ1) is 12.8. The number of carbonyl (C=O) groups is 1. The van der Waals surface area contributed by atoms with Crippen LogP contribution in [0, 0.1) is 5.92 Å². The van der Waals surface area contributed by atoms with Gasteiger partial charge in [0.1, 0.15) is 11.6 Å². The summed E-state index contributed by atoms with van der Waals surface area (Å²) < 4.78 is 6.05. The predicted molar refractivity (Wildman–Crippen MR) is 100 cm³/mol. The van der Waals surface area contributed by atoms with Crippen molar-refractivity contribution in [2.75, 3.05) is 6.54 Å². The summed E-state index contributed by atoms with van der Waals surface area (Å²) in [5.41, 5.74) is 3.96. The van der Waals surface area contributed by atoms with Gasteiger partial charge in [0, 0.05) is 12.5 Å². The molecule has 2 heterocycles. The van der Waals surface area contributed by atoms with Crippen molar-refractivity contribution in [2.24, 2.45) is 5.92 Å². The molecule has 0 spiro atoms. The van der Waals surface area contributed by atoms with Crippen LogP contribution in [0.4, 0.5) is 0 Å². The minimum atomic E-state index is -0.00400. The van der Waals surface area contributed by atoms with Crippen LogP contribution in [0.3, 0.4) is 0 Å². The van der Waals surface area contributed by atoms with Gasteiger partial charge in [-0.25, -0.2) is 4.98 Å². The second-order valence-electron chi connectivity index (χ2n) is 7.42. The van der Waals surface area contributed by atoms with Crippen LogP contribution in [0.15, 0.2) is 52.9 Å². The third-order valence-corrected chi connectivity index (χ3v) is 5.79. The van der Waals surface area contributed by atoms with Crippen molar-refractivity contribution in [3.05, 3.63) is 54.4 Å². The first kappa shape index (κ1) is 15.6. The molecule has 132 valence electrons. The second-order valence-corrected chi connectivity index (χ2v) is 7.42. The number of fused-ring (bicyclic) bond motifs is 1. The zero-order valence-electron chi connectivity index (χ0n) is 14.7. The van der Waals surface area contributed by atoms with Crippen molar-refractivity contribution >= 4 is 17.0 Å². The number of aromatic nitrogens is 1. The minimum absolute atomic E-state index is 0.00400. The Balaban J connectivity index is 1.46. The summed E-state index contributed by atoms with van der Waals surface area (Å²) in [7, 11) is 0. The minimum Gasteiger partial charge on any atom is -0.438 e. The molecule has 26 heavy (non-hydrogen) atoms. The Morgan fingerprint density at radius 3 is 2.62 bits per heavy atom. The van der Waals surface area contributed by atoms with Crippen molar-refractivity contribution in [1.29, 1.82) is 0 Å². The smallest absolute Gasteiger partial charge is 0.226 e. The zero-order valence-corrected chi connectivity index (χ0v) is 14.7. The lowest BCUT2D eigenvalue weighted by molar-refractivity contribution is -0.139. The van der Waals surface area contributed by atoms with Gasteiger partial charge < -0.3 is 9.32 Å². The Labute approximate surface area is 152 Å². The monoisotopic (exact) mass is 346 g/mol. The molecule has 4 heteroatoms. The number of amides is 1. The molecule has 2 fully saturated rings. The number of hydrogen-bond acceptors (Lipinski definition) is 3. The van der Waals surface area contributed by atoms with Gasteiger partial charge in [-0.05, 0) is 48.9 Å². The summed E-state index contributed by atoms with van der Waals surface area (Å²) in [6, 6.07) is 16.4. The Kier molecular flexibility index (Phi) is 3.77. The van der Waals surface area contributed by atoms with E-state index in [-0.39, 0.29) is 12.0 Å². The largest absolute Gasteiger partial charge is 0.438 e. The molecule has 2 aliphatic rings. The van der Waals surface area contributed by atoms with E-state index in [1.807, 2.05) is 29.2 Å². The summed E-state index contributed by atoms with van der Waals surface area (Å²) in [6.07, 6.45) is 5.22. The fourth-order valence-corrected chi connectivity index (χ4v) is 4.07. The van der Waals surface area contributed by atoms with Crippen molar-refractivity contribution in [1.82, 2.24) is 9.88 Å². The standard InChI is InChI=1S/C22H22N2O2/c25-22(16-8-4-9-16)24-13-5-10-19(24)21-23-18-14-17(11-12-20(18)26-21)15-6-2-1-3-7-15/h1-3,6-7,11-12,14,16,19H,4-5,8-10,13H2/t19-/m0/s1. The molecule has 1 saturated carbocycles. The van der Waals surface area contributed by atoms with E-state index >= 15 is 0 Å². The number of nitrogens with zero attached hydrogens (tertiary/aromatic N) is 2. The summed E-state index contributed by atoms with van der Waals surface area (Å²) in [6.45, 7) is 0.827. The molecular weight excluding hydrogens is 324 g/mol. The van der Waals surface area contributed by atoms with E-state index in [2.05, 4.69) is 24.3 Å². The maximum Gasteiger partial charge on any atom is 0.226 e. The molecule has 1 saturated heterocycles. The fraction of sp³-hybridized carbons (Fsp3) is 0.364. The van der Waals surface area contributed by atoms with Gasteiger partial charge in [0.25, 0.3) is 0 Å². The molecule has 0 N–H and O–H groups in total. The van der Waals surface area contributed by atoms with E-state index in [9.17, 15) is 4.79 Å². The molecule has 1 amide bonds. The molecule has 1 aliphatic carbocycles. The SMILES string of the molecule is O=C(C1CCC1)N1CCC[C@H]1c1nc2cc(-c3ccccc3)ccc2o1. The van der Waals surface area contributed by atoms with Gasteiger partial charge in [-0.3, -0.25) is 4.79 Å². The van der Waals surface area contributed by atoms with E-state index in [0.717, 1.165) is 48.9 Å². The van der Waals surface area contributed by atoms with Crippen molar-refractivity contribution in [3.63, 3.8) is 0 Å². The molecule has 0 unspecified atom stereocenters. The second kappa shape index (κ2) is 6.27. The number of likely N-dealkylation sites (tertiary alicyclic amines) is 1. The zero-order chi connectivity index (χ0) is 17.5. The summed E-state index contributed by atoms with van der Waals surface area (Å²) in [5, 5.41) is 0. The van der Waals surface area contributed by atoms with Crippen LogP contribution in [0.2, 0.25) is 0 Å². The van der Waals surface area contributed by atoms with Crippen LogP contribution < -0.4 is 0 Å². The Hall–Kier alpha value is -2.62. The summed E-state index contributed by atoms with van der Waals surface area (Å²) in [5.74, 6) is 1.21. The average molecular weight is 346 g/mol. The molecule has 1 aromatic heterocycles. The molecular formula is C22H22N2O2. The molecule has 1 aliphatic heterocycles. The highest BCUT2D eigenvalue weighted by Gasteiger charge is 2.38. The van der Waals surface area contributed by atoms with Crippen LogP contribution in [0.1, 0.15) is 44.0 Å². The van der Waals surface area contributed by atoms with Crippen LogP contribution in [-0.2, 0) is 4.79 Å². The number of benzene rings is 2. The topological polar surface area (TPSA) is 46.3 Å². The molecule has 2 aromatic carbocycles. The normalized spacial score (nSPS) is 20.5. The number of hydrogen-bond donors (Lipinski definition) is 0. The molecule has 1 atom stereocenters. The Morgan fingerprint density at radius 1 is 1.00 bits per heavy atom. The van der Waals surface area contributed by atoms with E-state index in [0.29, 0.717) is 11.8 Å². The lowest BCUT2D eigenvalue weighted by Crippen LogP contribution is -2.38. The van der Waals surface area contributed by atoms with Crippen molar-refractivity contribution in [2.45, 2.75) is 38.1 Å². The summed E-state index contributed by atoms with van der Waals surface area (Å²) >= 11 is 0. The highest BCUT2D eigenvalue weighted by molar-refractivity contribution is 5.82. The van der Waals surface area contributed by atoms with Gasteiger partial charge in [0.15, 0.2) is 5.58 Å². The highest BCUT2D eigenvalue weighted by Crippen LogP contribution is 2.38. The quantitative estimate of drug-likeness (QED) is 0.673. The van der Waals surface area contributed by atoms with Gasteiger partial charge in [0.2, 0.25) is 11.8 Å². The lowest BCUT2D eigenvalue weighted by Gasteiger charge is -2.31. The van der Waals surface area contributed by atoms with Gasteiger partial charge in [0.05, 0.1) is 0 Å². The maximum absolute atomic E-state index is 12.7. The molecule has 5 rings (SSSR count). The van der Waals surface area contributed by atoms with Gasteiger partial charge in [-0.15, -0.1) is 0 Å². The van der Waals surface area contributed by atoms with Gasteiger partial charge >= 0.3 is 0 Å². The van der Waals surface area contributed by atoms with E-state index in [4.69, 9.17) is 9.40 Å². The third-order valence-electron chi connectivity index (χ3n) is 5.79. The van der Waals surface area contributed by atoms with Gasteiger partial charge in [-0.2, -0.15) is 0 Å². The van der Waals surface area contributed by atoms with Crippen molar-refractivity contribution in [3.8, 4) is 11.1 Å². The third kappa shape index (κ3) is 2.61. The first-order valence-corrected chi connectivity index (χ1v) is 9.56. The number of oxazole rings is 1. The fourth-order valence-electron chi connectivity index (χ4n) is 4.07. The maximum atomic E-state index is 12.7. The average Bonchev–Trinajstić information content (AvgIpc) is 3.26. The highest BCUT2D eigenvalue weighted by atomic mass is 16.3. The van der Waals surface area contributed by atoms with Crippen LogP contribution in [0.25, 0.3) is 22.2 Å². The number of rotatable bonds is 3. The van der Waals surface area contributed by atoms with Gasteiger partial charge in [-0.1, -0.05) is 42.8 Å². The van der Waals surface area contributed by atoms with Crippen LogP contribution in [-0.4, -0.2) is 22.3 Å².